The summed E-state index contributed by atoms with van der Waals surface area (Å²) in [4.78, 5) is 0.229. The lowest BCUT2D eigenvalue weighted by Crippen LogP contribution is -2.30. The van der Waals surface area contributed by atoms with E-state index in [4.69, 9.17) is 0 Å². The molecule has 1 aromatic rings. The number of rotatable bonds is 0. The molecular weight excluding hydrogens is 216 g/mol. The molecule has 1 aliphatic rings. The Hall–Kier alpha value is -0.340. The lowest BCUT2D eigenvalue weighted by atomic mass is 9.90. The van der Waals surface area contributed by atoms with Crippen LogP contribution in [0.25, 0.3) is 0 Å². The molecule has 2 rings (SSSR count). The SMILES string of the molecule is O[C@@H]1Cc2ccccc2C[C@H]1Br. The third-order valence-electron chi connectivity index (χ3n) is 2.38. The number of aliphatic hydroxyl groups is 1. The van der Waals surface area contributed by atoms with Crippen LogP contribution in [0.15, 0.2) is 24.3 Å². The van der Waals surface area contributed by atoms with Gasteiger partial charge in [0.1, 0.15) is 0 Å². The van der Waals surface area contributed by atoms with Gasteiger partial charge in [0.05, 0.1) is 6.10 Å². The van der Waals surface area contributed by atoms with Gasteiger partial charge in [0.2, 0.25) is 0 Å². The molecule has 0 unspecified atom stereocenters. The van der Waals surface area contributed by atoms with Crippen molar-refractivity contribution in [2.75, 3.05) is 0 Å². The number of aliphatic hydroxyl groups excluding tert-OH is 1. The smallest absolute Gasteiger partial charge is 0.0708 e. The Balaban J connectivity index is 2.34. The van der Waals surface area contributed by atoms with E-state index in [1.165, 1.54) is 11.1 Å². The Labute approximate surface area is 80.5 Å². The van der Waals surface area contributed by atoms with Crippen LogP contribution in [0.3, 0.4) is 0 Å². The third-order valence-corrected chi connectivity index (χ3v) is 3.31. The highest BCUT2D eigenvalue weighted by molar-refractivity contribution is 9.09. The topological polar surface area (TPSA) is 20.2 Å². The quantitative estimate of drug-likeness (QED) is 0.671. The Kier molecular flexibility index (Phi) is 2.20. The first-order valence-corrected chi connectivity index (χ1v) is 5.08. The molecule has 2 atom stereocenters. The van der Waals surface area contributed by atoms with E-state index in [9.17, 15) is 5.11 Å². The molecule has 1 aliphatic carbocycles. The van der Waals surface area contributed by atoms with Crippen LogP contribution in [-0.4, -0.2) is 16.0 Å². The Bertz CT molecular complexity index is 256. The molecule has 0 amide bonds. The Morgan fingerprint density at radius 2 is 1.75 bits per heavy atom. The van der Waals surface area contributed by atoms with E-state index < -0.39 is 0 Å². The van der Waals surface area contributed by atoms with Crippen molar-refractivity contribution < 1.29 is 5.11 Å². The summed E-state index contributed by atoms with van der Waals surface area (Å²) in [5, 5.41) is 9.58. The van der Waals surface area contributed by atoms with Crippen LogP contribution in [0.4, 0.5) is 0 Å². The molecule has 1 aromatic carbocycles. The van der Waals surface area contributed by atoms with Gasteiger partial charge in [-0.15, -0.1) is 0 Å². The van der Waals surface area contributed by atoms with Crippen LogP contribution in [0.2, 0.25) is 0 Å². The van der Waals surface area contributed by atoms with Crippen molar-refractivity contribution in [1.29, 1.82) is 0 Å². The highest BCUT2D eigenvalue weighted by atomic mass is 79.9. The summed E-state index contributed by atoms with van der Waals surface area (Å²) in [6.45, 7) is 0. The zero-order valence-electron chi connectivity index (χ0n) is 6.70. The average Bonchev–Trinajstić information content (AvgIpc) is 2.07. The van der Waals surface area contributed by atoms with E-state index in [0.29, 0.717) is 0 Å². The lowest BCUT2D eigenvalue weighted by Gasteiger charge is -2.25. The van der Waals surface area contributed by atoms with Crippen molar-refractivity contribution in [2.45, 2.75) is 23.8 Å². The van der Waals surface area contributed by atoms with E-state index in [1.54, 1.807) is 0 Å². The van der Waals surface area contributed by atoms with Crippen molar-refractivity contribution in [3.8, 4) is 0 Å². The molecule has 64 valence electrons. The second-order valence-electron chi connectivity index (χ2n) is 3.26. The van der Waals surface area contributed by atoms with Crippen LogP contribution >= 0.6 is 15.9 Å². The Morgan fingerprint density at radius 1 is 1.17 bits per heavy atom. The van der Waals surface area contributed by atoms with Gasteiger partial charge in [-0.3, -0.25) is 0 Å². The average molecular weight is 227 g/mol. The maximum atomic E-state index is 9.58. The molecule has 0 fully saturated rings. The molecule has 2 heteroatoms. The normalized spacial score (nSPS) is 28.2. The predicted molar refractivity (Wildman–Crippen MR) is 52.6 cm³/mol. The molecule has 0 heterocycles. The summed E-state index contributed by atoms with van der Waals surface area (Å²) in [6.07, 6.45) is 1.50. The molecular formula is C10H11BrO. The maximum Gasteiger partial charge on any atom is 0.0708 e. The van der Waals surface area contributed by atoms with Gasteiger partial charge >= 0.3 is 0 Å². The van der Waals surface area contributed by atoms with Crippen LogP contribution in [0, 0.1) is 0 Å². The molecule has 0 saturated carbocycles. The number of benzene rings is 1. The zero-order chi connectivity index (χ0) is 8.55. The van der Waals surface area contributed by atoms with Gasteiger partial charge in [-0.25, -0.2) is 0 Å². The van der Waals surface area contributed by atoms with Crippen LogP contribution in [0.5, 0.6) is 0 Å². The summed E-state index contributed by atoms with van der Waals surface area (Å²) < 4.78 is 0. The van der Waals surface area contributed by atoms with E-state index in [1.807, 2.05) is 6.07 Å². The Morgan fingerprint density at radius 3 is 2.42 bits per heavy atom. The van der Waals surface area contributed by atoms with Gasteiger partial charge in [0, 0.05) is 4.83 Å². The minimum Gasteiger partial charge on any atom is -0.392 e. The van der Waals surface area contributed by atoms with Crippen molar-refractivity contribution in [2.24, 2.45) is 0 Å². The minimum atomic E-state index is -0.222. The van der Waals surface area contributed by atoms with Crippen LogP contribution in [-0.2, 0) is 12.8 Å². The maximum absolute atomic E-state index is 9.58. The van der Waals surface area contributed by atoms with Gasteiger partial charge in [0.25, 0.3) is 0 Å². The highest BCUT2D eigenvalue weighted by Crippen LogP contribution is 2.25. The molecule has 0 bridgehead atoms. The number of halogens is 1. The molecule has 0 aliphatic heterocycles. The summed E-state index contributed by atoms with van der Waals surface area (Å²) in [6, 6.07) is 8.31. The first kappa shape index (κ1) is 8.27. The summed E-state index contributed by atoms with van der Waals surface area (Å²) in [7, 11) is 0. The number of fused-ring (bicyclic) bond motifs is 1. The fourth-order valence-electron chi connectivity index (χ4n) is 1.66. The largest absolute Gasteiger partial charge is 0.392 e. The summed E-state index contributed by atoms with van der Waals surface area (Å²) in [5.74, 6) is 0. The molecule has 1 nitrogen and oxygen atoms in total. The van der Waals surface area contributed by atoms with Crippen LogP contribution < -0.4 is 0 Å². The molecule has 0 saturated heterocycles. The van der Waals surface area contributed by atoms with E-state index in [2.05, 4.69) is 34.1 Å². The minimum absolute atomic E-state index is 0.222. The monoisotopic (exact) mass is 226 g/mol. The first-order valence-electron chi connectivity index (χ1n) is 4.16. The van der Waals surface area contributed by atoms with E-state index in [0.717, 1.165) is 12.8 Å². The van der Waals surface area contributed by atoms with Gasteiger partial charge in [0.15, 0.2) is 0 Å². The second-order valence-corrected chi connectivity index (χ2v) is 4.44. The summed E-state index contributed by atoms with van der Waals surface area (Å²) in [5.41, 5.74) is 2.66. The van der Waals surface area contributed by atoms with Gasteiger partial charge < -0.3 is 5.11 Å². The van der Waals surface area contributed by atoms with E-state index >= 15 is 0 Å². The molecule has 1 N–H and O–H groups in total. The van der Waals surface area contributed by atoms with Gasteiger partial charge in [-0.05, 0) is 24.0 Å². The third kappa shape index (κ3) is 1.41. The molecule has 0 aromatic heterocycles. The number of hydrogen-bond donors (Lipinski definition) is 1. The van der Waals surface area contributed by atoms with Gasteiger partial charge in [-0.1, -0.05) is 40.2 Å². The van der Waals surface area contributed by atoms with Crippen molar-refractivity contribution in [3.05, 3.63) is 35.4 Å². The molecule has 12 heavy (non-hydrogen) atoms. The number of hydrogen-bond acceptors (Lipinski definition) is 1. The lowest BCUT2D eigenvalue weighted by molar-refractivity contribution is 0.167. The zero-order valence-corrected chi connectivity index (χ0v) is 8.29. The summed E-state index contributed by atoms with van der Waals surface area (Å²) >= 11 is 3.47. The van der Waals surface area contributed by atoms with Gasteiger partial charge in [-0.2, -0.15) is 0 Å². The predicted octanol–water partition coefficient (Wildman–Crippen LogP) is 1.91. The van der Waals surface area contributed by atoms with Crippen molar-refractivity contribution in [3.63, 3.8) is 0 Å². The fraction of sp³-hybridized carbons (Fsp3) is 0.400. The van der Waals surface area contributed by atoms with Crippen molar-refractivity contribution >= 4 is 15.9 Å². The molecule has 0 spiro atoms. The molecule has 0 radical (unpaired) electrons. The van der Waals surface area contributed by atoms with Crippen molar-refractivity contribution in [1.82, 2.24) is 0 Å². The first-order chi connectivity index (χ1) is 5.77. The van der Waals surface area contributed by atoms with E-state index in [-0.39, 0.29) is 10.9 Å². The standard InChI is InChI=1S/C10H11BrO/c11-9-5-7-3-1-2-4-8(7)6-10(9)12/h1-4,9-10,12H,5-6H2/t9-,10-/m1/s1. The number of alkyl halides is 1. The highest BCUT2D eigenvalue weighted by Gasteiger charge is 2.23. The van der Waals surface area contributed by atoms with Crippen LogP contribution in [0.1, 0.15) is 11.1 Å². The fourth-order valence-corrected chi connectivity index (χ4v) is 2.19. The second kappa shape index (κ2) is 3.19.